The quantitative estimate of drug-likeness (QED) is 0.0542. The maximum Gasteiger partial charge on any atom is 0.307 e. The molecule has 78 heavy (non-hydrogen) atoms. The Balaban J connectivity index is 0.890. The molecule has 4 aromatic rings. The number of amides is 2. The molecule has 2 atom stereocenters. The smallest absolute Gasteiger partial charge is 0.307 e. The number of esters is 2. The third-order valence-corrected chi connectivity index (χ3v) is 16.6. The fourth-order valence-electron chi connectivity index (χ4n) is 11.4. The second kappa shape index (κ2) is 27.4. The van der Waals surface area contributed by atoms with Gasteiger partial charge in [-0.3, -0.25) is 48.4 Å². The van der Waals surface area contributed by atoms with Gasteiger partial charge in [-0.05, 0) is 152 Å². The van der Waals surface area contributed by atoms with Gasteiger partial charge in [-0.25, -0.2) is 0 Å². The average Bonchev–Trinajstić information content (AvgIpc) is 3.47. The molecule has 0 aromatic heterocycles. The van der Waals surface area contributed by atoms with Crippen molar-refractivity contribution in [3.8, 4) is 0 Å². The Bertz CT molecular complexity index is 2460. The summed E-state index contributed by atoms with van der Waals surface area (Å²) in [5.41, 5.74) is 4.91. The minimum Gasteiger partial charge on any atom is -0.466 e. The lowest BCUT2D eigenvalue weighted by molar-refractivity contribution is -0.144. The second-order valence-corrected chi connectivity index (χ2v) is 21.4. The Labute approximate surface area is 463 Å². The highest BCUT2D eigenvalue weighted by molar-refractivity contribution is 6.04. The van der Waals surface area contributed by atoms with Gasteiger partial charge in [-0.15, -0.1) is 0 Å². The van der Waals surface area contributed by atoms with Crippen LogP contribution in [0.4, 0.5) is 11.4 Å². The fraction of sp³-hybridized carbons (Fsp3) is 0.516. The number of Topliss-reactive ketones (excluding diaryl/α,β-unsaturated/α-hetero) is 2. The number of ether oxygens (including phenoxy) is 2. The first-order chi connectivity index (χ1) is 37.5. The average molecular weight is 1070 g/mol. The van der Waals surface area contributed by atoms with E-state index in [0.717, 1.165) is 74.9 Å². The summed E-state index contributed by atoms with van der Waals surface area (Å²) in [4.78, 5) is 97.0. The predicted octanol–water partition coefficient (Wildman–Crippen LogP) is 6.71. The van der Waals surface area contributed by atoms with Gasteiger partial charge in [-0.2, -0.15) is 0 Å². The number of ketones is 2. The minimum absolute atomic E-state index is 0.0512. The molecule has 16 heteroatoms. The molecule has 3 heterocycles. The number of hydrogen-bond donors (Lipinski definition) is 0. The van der Waals surface area contributed by atoms with E-state index < -0.39 is 11.1 Å². The van der Waals surface area contributed by atoms with E-state index in [1.807, 2.05) is 163 Å². The van der Waals surface area contributed by atoms with Crippen molar-refractivity contribution in [1.82, 2.24) is 29.4 Å². The monoisotopic (exact) mass is 1070 g/mol. The largest absolute Gasteiger partial charge is 0.466 e. The summed E-state index contributed by atoms with van der Waals surface area (Å²) in [7, 11) is 7.80. The second-order valence-electron chi connectivity index (χ2n) is 21.4. The number of carbonyl (C=O) groups is 6. The molecule has 0 radical (unpaired) electrons. The van der Waals surface area contributed by atoms with Crippen molar-refractivity contribution < 1.29 is 38.2 Å². The Hall–Kier alpha value is -6.46. The summed E-state index contributed by atoms with van der Waals surface area (Å²) < 4.78 is 10.2. The van der Waals surface area contributed by atoms with Crippen LogP contribution in [0.25, 0.3) is 0 Å². The van der Waals surface area contributed by atoms with E-state index in [4.69, 9.17) is 9.47 Å². The number of hydrogen-bond acceptors (Lipinski definition) is 14. The summed E-state index contributed by atoms with van der Waals surface area (Å²) in [5.74, 6) is -0.400. The molecule has 0 N–H and O–H groups in total. The van der Waals surface area contributed by atoms with E-state index in [9.17, 15) is 28.8 Å². The van der Waals surface area contributed by atoms with E-state index in [1.54, 1.807) is 9.80 Å². The van der Waals surface area contributed by atoms with Crippen LogP contribution in [0.15, 0.2) is 97.1 Å². The van der Waals surface area contributed by atoms with Crippen molar-refractivity contribution in [3.63, 3.8) is 0 Å². The lowest BCUT2D eigenvalue weighted by atomic mass is 9.80. The molecule has 4 aromatic carbocycles. The molecule has 0 bridgehead atoms. The third-order valence-electron chi connectivity index (χ3n) is 16.6. The van der Waals surface area contributed by atoms with Gasteiger partial charge in [0.25, 0.3) is 11.8 Å². The highest BCUT2D eigenvalue weighted by atomic mass is 16.5. The van der Waals surface area contributed by atoms with Gasteiger partial charge in [0.05, 0.1) is 37.1 Å². The van der Waals surface area contributed by atoms with Gasteiger partial charge in [0.2, 0.25) is 0 Å². The van der Waals surface area contributed by atoms with Crippen molar-refractivity contribution >= 4 is 46.7 Å². The van der Waals surface area contributed by atoms with E-state index in [2.05, 4.69) is 19.6 Å². The van der Waals surface area contributed by atoms with Crippen LogP contribution in [0.3, 0.4) is 0 Å². The molecule has 7 rings (SSSR count). The van der Waals surface area contributed by atoms with Crippen molar-refractivity contribution in [2.24, 2.45) is 0 Å². The Morgan fingerprint density at radius 2 is 0.731 bits per heavy atom. The molecule has 3 fully saturated rings. The van der Waals surface area contributed by atoms with E-state index in [-0.39, 0.29) is 35.3 Å². The maximum absolute atomic E-state index is 14.4. The van der Waals surface area contributed by atoms with Crippen molar-refractivity contribution in [3.05, 3.63) is 130 Å². The molecule has 16 nitrogen and oxygen atoms in total. The summed E-state index contributed by atoms with van der Waals surface area (Å²) in [6.07, 6.45) is 2.94. The van der Waals surface area contributed by atoms with E-state index >= 15 is 0 Å². The molecule has 3 saturated heterocycles. The van der Waals surface area contributed by atoms with Crippen LogP contribution in [-0.4, -0.2) is 209 Å². The molecular formula is C62H84N8O8. The lowest BCUT2D eigenvalue weighted by Crippen LogP contribution is -2.52. The van der Waals surface area contributed by atoms with E-state index in [0.29, 0.717) is 113 Å². The number of likely N-dealkylation sites (N-methyl/N-ethyl adjacent to an activating group) is 2. The highest BCUT2D eigenvalue weighted by Gasteiger charge is 2.41. The summed E-state index contributed by atoms with van der Waals surface area (Å²) >= 11 is 0. The molecule has 420 valence electrons. The standard InChI is InChI=1S/C62H84N8O8/c1-9-61(63(5)6,57(73)49-21-25-53(26-22-49)67-37-33-65(34-38-67)31-29-55(71)77-11-3)45-47-13-17-51(18-14-47)59(75)69-41-43-70(44-42-69)60(76)52-19-15-48(16-20-52)46-62(10-2,64(7)8)58(74)50-23-27-54(28-24-50)68-39-35-66(36-40-68)32-30-56(72)78-12-4/h13-28H,9-12,29-46H2,1-8H3. The van der Waals surface area contributed by atoms with Crippen molar-refractivity contribution in [2.75, 3.05) is 143 Å². The molecule has 0 spiro atoms. The first kappa shape index (κ1) is 59.2. The van der Waals surface area contributed by atoms with Crippen LogP contribution in [0.1, 0.15) is 106 Å². The Morgan fingerprint density at radius 1 is 0.423 bits per heavy atom. The number of anilines is 2. The fourth-order valence-corrected chi connectivity index (χ4v) is 11.4. The van der Waals surface area contributed by atoms with Gasteiger partial charge in [0, 0.05) is 125 Å². The topological polar surface area (TPSA) is 147 Å². The molecule has 0 saturated carbocycles. The van der Waals surface area contributed by atoms with Crippen LogP contribution >= 0.6 is 0 Å². The maximum atomic E-state index is 14.4. The number of rotatable bonds is 24. The molecule has 3 aliphatic heterocycles. The molecule has 2 amide bonds. The SMILES string of the molecule is CCOC(=O)CCN1CCN(c2ccc(C(=O)C(CC)(Cc3ccc(C(=O)N4CCN(C(=O)c5ccc(CC(CC)(C(=O)c6ccc(N7CCN(CCC(=O)OCC)CC7)cc6)N(C)C)cc5)CC4)cc3)N(C)C)cc2)CC1. The normalized spacial score (nSPS) is 17.2. The van der Waals surface area contributed by atoms with Gasteiger partial charge >= 0.3 is 11.9 Å². The van der Waals surface area contributed by atoms with Crippen LogP contribution in [0.5, 0.6) is 0 Å². The van der Waals surface area contributed by atoms with Crippen LogP contribution in [-0.2, 0) is 31.9 Å². The van der Waals surface area contributed by atoms with Gasteiger partial charge < -0.3 is 29.1 Å². The molecule has 2 unspecified atom stereocenters. The van der Waals surface area contributed by atoms with E-state index in [1.165, 1.54) is 0 Å². The number of nitrogens with zero attached hydrogens (tertiary/aromatic N) is 8. The summed E-state index contributed by atoms with van der Waals surface area (Å²) in [5, 5.41) is 0. The van der Waals surface area contributed by atoms with Gasteiger partial charge in [-0.1, -0.05) is 38.1 Å². The molecular weight excluding hydrogens is 985 g/mol. The lowest BCUT2D eigenvalue weighted by Gasteiger charge is -2.38. The van der Waals surface area contributed by atoms with Crippen LogP contribution < -0.4 is 9.80 Å². The first-order valence-corrected chi connectivity index (χ1v) is 28.2. The molecule has 0 aliphatic carbocycles. The summed E-state index contributed by atoms with van der Waals surface area (Å²) in [6.45, 7) is 18.3. The van der Waals surface area contributed by atoms with Crippen LogP contribution in [0, 0.1) is 0 Å². The predicted molar refractivity (Wildman–Crippen MR) is 307 cm³/mol. The third kappa shape index (κ3) is 14.2. The number of benzene rings is 4. The number of carbonyl (C=O) groups excluding carboxylic acids is 6. The van der Waals surface area contributed by atoms with Crippen LogP contribution in [0.2, 0.25) is 0 Å². The highest BCUT2D eigenvalue weighted by Crippen LogP contribution is 2.32. The zero-order chi connectivity index (χ0) is 56.0. The number of piperazine rings is 3. The van der Waals surface area contributed by atoms with Gasteiger partial charge in [0.15, 0.2) is 11.6 Å². The first-order valence-electron chi connectivity index (χ1n) is 28.2. The Kier molecular flexibility index (Phi) is 20.8. The Morgan fingerprint density at radius 3 is 1.01 bits per heavy atom. The minimum atomic E-state index is -0.797. The van der Waals surface area contributed by atoms with Crippen molar-refractivity contribution in [1.29, 1.82) is 0 Å². The van der Waals surface area contributed by atoms with Gasteiger partial charge in [0.1, 0.15) is 0 Å². The zero-order valence-corrected chi connectivity index (χ0v) is 47.6. The summed E-state index contributed by atoms with van der Waals surface area (Å²) in [6, 6.07) is 31.1. The zero-order valence-electron chi connectivity index (χ0n) is 47.6. The molecule has 3 aliphatic rings. The van der Waals surface area contributed by atoms with Crippen molar-refractivity contribution in [2.45, 2.75) is 77.3 Å².